The van der Waals surface area contributed by atoms with Crippen LogP contribution in [-0.2, 0) is 5.88 Å². The first kappa shape index (κ1) is 16.4. The summed E-state index contributed by atoms with van der Waals surface area (Å²) in [5, 5.41) is 3.21. The molecular formula is C18H26ClNO. The number of hydrogen-bond donors (Lipinski definition) is 1. The first-order valence-electron chi connectivity index (χ1n) is 7.67. The third-order valence-corrected chi connectivity index (χ3v) is 4.57. The van der Waals surface area contributed by atoms with Gasteiger partial charge in [0, 0.05) is 17.5 Å². The van der Waals surface area contributed by atoms with Gasteiger partial charge in [-0.05, 0) is 47.8 Å². The number of alkyl halides is 1. The first-order valence-corrected chi connectivity index (χ1v) is 8.20. The van der Waals surface area contributed by atoms with Gasteiger partial charge in [-0.25, -0.2) is 0 Å². The highest BCUT2D eigenvalue weighted by Crippen LogP contribution is 2.45. The minimum Gasteiger partial charge on any atom is -0.349 e. The van der Waals surface area contributed by atoms with Crippen molar-refractivity contribution in [2.24, 2.45) is 10.8 Å². The van der Waals surface area contributed by atoms with Gasteiger partial charge < -0.3 is 5.32 Å². The lowest BCUT2D eigenvalue weighted by atomic mass is 9.63. The van der Waals surface area contributed by atoms with Crippen LogP contribution in [0.25, 0.3) is 0 Å². The van der Waals surface area contributed by atoms with Gasteiger partial charge in [-0.3, -0.25) is 4.79 Å². The third-order valence-electron chi connectivity index (χ3n) is 4.26. The average molecular weight is 308 g/mol. The van der Waals surface area contributed by atoms with E-state index in [2.05, 4.69) is 33.0 Å². The second-order valence-electron chi connectivity index (χ2n) is 7.91. The van der Waals surface area contributed by atoms with Crippen LogP contribution in [0.3, 0.4) is 0 Å². The smallest absolute Gasteiger partial charge is 0.251 e. The third kappa shape index (κ3) is 4.47. The minimum absolute atomic E-state index is 0.0228. The van der Waals surface area contributed by atoms with Crippen LogP contribution in [-0.4, -0.2) is 11.9 Å². The van der Waals surface area contributed by atoms with Crippen LogP contribution in [0.4, 0.5) is 0 Å². The fourth-order valence-electron chi connectivity index (χ4n) is 3.96. The molecule has 1 fully saturated rings. The molecule has 1 saturated carbocycles. The fourth-order valence-corrected chi connectivity index (χ4v) is 4.14. The zero-order valence-electron chi connectivity index (χ0n) is 13.5. The summed E-state index contributed by atoms with van der Waals surface area (Å²) < 4.78 is 0. The second kappa shape index (κ2) is 6.00. The summed E-state index contributed by atoms with van der Waals surface area (Å²) in [5.41, 5.74) is 2.31. The molecule has 2 rings (SSSR count). The van der Waals surface area contributed by atoms with Crippen molar-refractivity contribution in [2.45, 2.75) is 58.9 Å². The Balaban J connectivity index is 2.04. The number of amides is 1. The summed E-state index contributed by atoms with van der Waals surface area (Å²) in [5.74, 6) is 0.502. The molecule has 0 spiro atoms. The Morgan fingerprint density at radius 1 is 1.14 bits per heavy atom. The molecule has 0 radical (unpaired) electrons. The molecule has 1 aliphatic rings. The number of carbonyl (C=O) groups is 1. The number of nitrogens with one attached hydrogen (secondary N) is 1. The van der Waals surface area contributed by atoms with Crippen LogP contribution in [0.1, 0.15) is 62.9 Å². The zero-order valence-corrected chi connectivity index (χ0v) is 14.3. The van der Waals surface area contributed by atoms with Gasteiger partial charge in [0.1, 0.15) is 0 Å². The van der Waals surface area contributed by atoms with Gasteiger partial charge in [0.05, 0.1) is 0 Å². The van der Waals surface area contributed by atoms with Crippen molar-refractivity contribution in [3.63, 3.8) is 0 Å². The van der Waals surface area contributed by atoms with Gasteiger partial charge in [-0.15, -0.1) is 11.6 Å². The van der Waals surface area contributed by atoms with Crippen molar-refractivity contribution in [1.29, 1.82) is 0 Å². The maximum atomic E-state index is 12.4. The van der Waals surface area contributed by atoms with Crippen LogP contribution in [0.5, 0.6) is 0 Å². The Morgan fingerprint density at radius 2 is 1.67 bits per heavy atom. The van der Waals surface area contributed by atoms with E-state index in [1.165, 1.54) is 6.42 Å². The molecule has 1 aliphatic carbocycles. The molecule has 1 aromatic carbocycles. The molecular weight excluding hydrogens is 282 g/mol. The Hall–Kier alpha value is -1.02. The molecule has 1 aromatic rings. The van der Waals surface area contributed by atoms with Crippen LogP contribution in [0.15, 0.2) is 24.3 Å². The fraction of sp³-hybridized carbons (Fsp3) is 0.611. The van der Waals surface area contributed by atoms with E-state index in [9.17, 15) is 4.79 Å². The molecule has 3 heteroatoms. The van der Waals surface area contributed by atoms with Crippen molar-refractivity contribution in [3.8, 4) is 0 Å². The number of rotatable bonds is 3. The largest absolute Gasteiger partial charge is 0.349 e. The van der Waals surface area contributed by atoms with Crippen molar-refractivity contribution in [1.82, 2.24) is 5.32 Å². The van der Waals surface area contributed by atoms with Crippen LogP contribution < -0.4 is 5.32 Å². The van der Waals surface area contributed by atoms with E-state index in [4.69, 9.17) is 11.6 Å². The van der Waals surface area contributed by atoms with Gasteiger partial charge in [0.2, 0.25) is 0 Å². The average Bonchev–Trinajstić information content (AvgIpc) is 2.35. The normalized spacial score (nSPS) is 21.0. The van der Waals surface area contributed by atoms with Crippen molar-refractivity contribution < 1.29 is 4.79 Å². The van der Waals surface area contributed by atoms with Crippen LogP contribution in [0.2, 0.25) is 0 Å². The predicted octanol–water partition coefficient (Wildman–Crippen LogP) is 4.76. The van der Waals surface area contributed by atoms with E-state index in [0.717, 1.165) is 18.4 Å². The van der Waals surface area contributed by atoms with Gasteiger partial charge in [0.15, 0.2) is 0 Å². The summed E-state index contributed by atoms with van der Waals surface area (Å²) in [6, 6.07) is 7.79. The monoisotopic (exact) mass is 307 g/mol. The van der Waals surface area contributed by atoms with E-state index in [1.807, 2.05) is 24.3 Å². The summed E-state index contributed by atoms with van der Waals surface area (Å²) in [6.07, 6.45) is 3.29. The van der Waals surface area contributed by atoms with E-state index < -0.39 is 0 Å². The topological polar surface area (TPSA) is 29.1 Å². The molecule has 0 unspecified atom stereocenters. The van der Waals surface area contributed by atoms with Crippen molar-refractivity contribution in [2.75, 3.05) is 0 Å². The van der Waals surface area contributed by atoms with Gasteiger partial charge in [-0.1, -0.05) is 39.8 Å². The number of benzene rings is 1. The molecule has 0 heterocycles. The summed E-state index contributed by atoms with van der Waals surface area (Å²) in [4.78, 5) is 12.4. The second-order valence-corrected chi connectivity index (χ2v) is 8.18. The predicted molar refractivity (Wildman–Crippen MR) is 88.7 cm³/mol. The Bertz CT molecular complexity index is 488. The number of carbonyl (C=O) groups excluding carboxylic acids is 1. The first-order chi connectivity index (χ1) is 9.71. The highest BCUT2D eigenvalue weighted by molar-refractivity contribution is 6.17. The summed E-state index contributed by atoms with van der Waals surface area (Å²) >= 11 is 5.78. The molecule has 1 N–H and O–H groups in total. The number of halogens is 1. The maximum Gasteiger partial charge on any atom is 0.251 e. The standard InChI is InChI=1S/C18H26ClNO/c1-17(2)9-15(10-18(3,4)12-17)20-16(21)14-7-5-13(11-19)6-8-14/h5-8,15H,9-12H2,1-4H3,(H,20,21). The SMILES string of the molecule is CC1(C)CC(NC(=O)c2ccc(CCl)cc2)CC(C)(C)C1. The van der Waals surface area contributed by atoms with E-state index >= 15 is 0 Å². The van der Waals surface area contributed by atoms with Gasteiger partial charge in [-0.2, -0.15) is 0 Å². The molecule has 0 aromatic heterocycles. The Morgan fingerprint density at radius 3 is 2.14 bits per heavy atom. The molecule has 1 amide bonds. The molecule has 0 bridgehead atoms. The summed E-state index contributed by atoms with van der Waals surface area (Å²) in [6.45, 7) is 9.18. The van der Waals surface area contributed by atoms with E-state index in [0.29, 0.717) is 11.4 Å². The van der Waals surface area contributed by atoms with Gasteiger partial charge >= 0.3 is 0 Å². The highest BCUT2D eigenvalue weighted by atomic mass is 35.5. The molecule has 2 nitrogen and oxygen atoms in total. The molecule has 116 valence electrons. The summed E-state index contributed by atoms with van der Waals surface area (Å²) in [7, 11) is 0. The van der Waals surface area contributed by atoms with Crippen molar-refractivity contribution in [3.05, 3.63) is 35.4 Å². The number of hydrogen-bond acceptors (Lipinski definition) is 1. The lowest BCUT2D eigenvalue weighted by molar-refractivity contribution is 0.0713. The molecule has 0 aliphatic heterocycles. The highest BCUT2D eigenvalue weighted by Gasteiger charge is 2.38. The Labute approximate surface area is 133 Å². The molecule has 0 atom stereocenters. The molecule has 0 saturated heterocycles. The van der Waals surface area contributed by atoms with Gasteiger partial charge in [0.25, 0.3) is 5.91 Å². The van der Waals surface area contributed by atoms with E-state index in [1.54, 1.807) is 0 Å². The zero-order chi connectivity index (χ0) is 15.7. The minimum atomic E-state index is 0.0228. The Kier molecular flexibility index (Phi) is 4.67. The quantitative estimate of drug-likeness (QED) is 0.801. The van der Waals surface area contributed by atoms with Crippen LogP contribution >= 0.6 is 11.6 Å². The maximum absolute atomic E-state index is 12.4. The van der Waals surface area contributed by atoms with E-state index in [-0.39, 0.29) is 22.8 Å². The van der Waals surface area contributed by atoms with Crippen LogP contribution in [0, 0.1) is 10.8 Å². The lowest BCUT2D eigenvalue weighted by Gasteiger charge is -2.45. The molecule has 21 heavy (non-hydrogen) atoms. The van der Waals surface area contributed by atoms with Crippen molar-refractivity contribution >= 4 is 17.5 Å². The lowest BCUT2D eigenvalue weighted by Crippen LogP contribution is -2.46.